The molecule has 1 aliphatic heterocycles. The third-order valence-electron chi connectivity index (χ3n) is 2.46. The molecule has 0 radical (unpaired) electrons. The quantitative estimate of drug-likeness (QED) is 0.751. The summed E-state index contributed by atoms with van der Waals surface area (Å²) in [4.78, 5) is 3.35. The third-order valence-corrected chi connectivity index (χ3v) is 2.76. The minimum Gasteiger partial charge on any atom is -0.327 e. The number of nitrogens with two attached hydrogens (primary N) is 1. The van der Waals surface area contributed by atoms with Crippen LogP contribution in [0.25, 0.3) is 0 Å². The van der Waals surface area contributed by atoms with E-state index in [0.717, 1.165) is 4.57 Å². The summed E-state index contributed by atoms with van der Waals surface area (Å²) in [7, 11) is 0. The Kier molecular flexibility index (Phi) is 2.42. The lowest BCUT2D eigenvalue weighted by Crippen LogP contribution is -2.32. The second-order valence-corrected chi connectivity index (χ2v) is 3.93. The maximum absolute atomic E-state index is 12.5. The highest BCUT2D eigenvalue weighted by molar-refractivity contribution is 6.30. The first-order valence-corrected chi connectivity index (χ1v) is 4.85. The van der Waals surface area contributed by atoms with Crippen molar-refractivity contribution in [3.05, 3.63) is 16.7 Å². The van der Waals surface area contributed by atoms with Crippen LogP contribution in [0.15, 0.2) is 0 Å². The van der Waals surface area contributed by atoms with Crippen molar-refractivity contribution in [3.8, 4) is 0 Å². The largest absolute Gasteiger partial charge is 0.449 e. The van der Waals surface area contributed by atoms with Gasteiger partial charge in [0.2, 0.25) is 5.82 Å². The van der Waals surface area contributed by atoms with Gasteiger partial charge >= 0.3 is 6.18 Å². The van der Waals surface area contributed by atoms with E-state index in [0.29, 0.717) is 18.5 Å². The molecule has 2 heterocycles. The molecule has 7 heteroatoms. The number of halogens is 4. The fraction of sp³-hybridized carbons (Fsp3) is 0.625. The van der Waals surface area contributed by atoms with Gasteiger partial charge < -0.3 is 10.3 Å². The van der Waals surface area contributed by atoms with Crippen molar-refractivity contribution in [2.75, 3.05) is 0 Å². The summed E-state index contributed by atoms with van der Waals surface area (Å²) < 4.78 is 38.7. The second kappa shape index (κ2) is 3.38. The smallest absolute Gasteiger partial charge is 0.327 e. The first kappa shape index (κ1) is 10.8. The van der Waals surface area contributed by atoms with Crippen LogP contribution in [0.5, 0.6) is 0 Å². The number of imidazole rings is 1. The van der Waals surface area contributed by atoms with Crippen molar-refractivity contribution in [1.82, 2.24) is 9.55 Å². The number of fused-ring (bicyclic) bond motifs is 1. The summed E-state index contributed by atoms with van der Waals surface area (Å²) >= 11 is 5.65. The summed E-state index contributed by atoms with van der Waals surface area (Å²) in [5.41, 5.74) is 6.05. The Labute approximate surface area is 89.0 Å². The maximum atomic E-state index is 12.5. The van der Waals surface area contributed by atoms with Gasteiger partial charge in [0.1, 0.15) is 0 Å². The third kappa shape index (κ3) is 1.83. The SMILES string of the molecule is NC1CCn2c(C(F)(F)F)nc(Cl)c2C1. The van der Waals surface area contributed by atoms with Crippen LogP contribution in [0, 0.1) is 0 Å². The van der Waals surface area contributed by atoms with Gasteiger partial charge in [-0.3, -0.25) is 0 Å². The van der Waals surface area contributed by atoms with Gasteiger partial charge in [0.25, 0.3) is 0 Å². The normalized spacial score (nSPS) is 21.5. The molecule has 2 N–H and O–H groups in total. The minimum atomic E-state index is -4.46. The first-order chi connectivity index (χ1) is 6.89. The van der Waals surface area contributed by atoms with E-state index in [1.807, 2.05) is 0 Å². The van der Waals surface area contributed by atoms with Crippen molar-refractivity contribution in [2.45, 2.75) is 31.6 Å². The van der Waals surface area contributed by atoms with Gasteiger partial charge in [0.15, 0.2) is 5.15 Å². The predicted octanol–water partition coefficient (Wildman–Crippen LogP) is 1.83. The van der Waals surface area contributed by atoms with Crippen LogP contribution in [-0.4, -0.2) is 15.6 Å². The van der Waals surface area contributed by atoms with Gasteiger partial charge in [0, 0.05) is 19.0 Å². The number of aromatic nitrogens is 2. The minimum absolute atomic E-state index is 0.0857. The molecule has 0 fully saturated rings. The summed E-state index contributed by atoms with van der Waals surface area (Å²) in [6.45, 7) is 0.227. The van der Waals surface area contributed by atoms with Crippen LogP contribution in [-0.2, 0) is 19.1 Å². The van der Waals surface area contributed by atoms with Crippen LogP contribution >= 0.6 is 11.6 Å². The molecule has 2 rings (SSSR count). The molecule has 0 aliphatic carbocycles. The Bertz CT molecular complexity index is 385. The Hall–Kier alpha value is -0.750. The molecule has 1 aromatic rings. The molecule has 15 heavy (non-hydrogen) atoms. The maximum Gasteiger partial charge on any atom is 0.449 e. The molecular formula is C8H9ClF3N3. The number of alkyl halides is 3. The monoisotopic (exact) mass is 239 g/mol. The van der Waals surface area contributed by atoms with E-state index in [4.69, 9.17) is 17.3 Å². The van der Waals surface area contributed by atoms with E-state index in [9.17, 15) is 13.2 Å². The lowest BCUT2D eigenvalue weighted by Gasteiger charge is -2.22. The molecule has 0 saturated carbocycles. The molecule has 0 saturated heterocycles. The van der Waals surface area contributed by atoms with Gasteiger partial charge in [0.05, 0.1) is 5.69 Å². The van der Waals surface area contributed by atoms with Crippen LogP contribution in [0.1, 0.15) is 17.9 Å². The molecule has 3 nitrogen and oxygen atoms in total. The number of nitrogens with zero attached hydrogens (tertiary/aromatic N) is 2. The lowest BCUT2D eigenvalue weighted by molar-refractivity contribution is -0.147. The van der Waals surface area contributed by atoms with Crippen LogP contribution in [0.3, 0.4) is 0 Å². The van der Waals surface area contributed by atoms with Gasteiger partial charge in [-0.05, 0) is 6.42 Å². The summed E-state index contributed by atoms with van der Waals surface area (Å²) in [6, 6.07) is -0.132. The van der Waals surface area contributed by atoms with E-state index in [-0.39, 0.29) is 17.7 Å². The first-order valence-electron chi connectivity index (χ1n) is 4.47. The topological polar surface area (TPSA) is 43.8 Å². The van der Waals surface area contributed by atoms with Crippen LogP contribution in [0.4, 0.5) is 13.2 Å². The van der Waals surface area contributed by atoms with E-state index < -0.39 is 12.0 Å². The Balaban J connectivity index is 2.48. The van der Waals surface area contributed by atoms with Crippen LogP contribution < -0.4 is 5.73 Å². The number of rotatable bonds is 0. The van der Waals surface area contributed by atoms with E-state index in [2.05, 4.69) is 4.98 Å². The molecule has 84 valence electrons. The summed E-state index contributed by atoms with van der Waals surface area (Å²) in [5, 5.41) is -0.0857. The molecule has 1 atom stereocenters. The molecule has 0 amide bonds. The highest BCUT2D eigenvalue weighted by atomic mass is 35.5. The van der Waals surface area contributed by atoms with Gasteiger partial charge in [-0.2, -0.15) is 13.2 Å². The van der Waals surface area contributed by atoms with E-state index >= 15 is 0 Å². The van der Waals surface area contributed by atoms with E-state index in [1.165, 1.54) is 0 Å². The number of hydrogen-bond acceptors (Lipinski definition) is 2. The highest BCUT2D eigenvalue weighted by Gasteiger charge is 2.39. The van der Waals surface area contributed by atoms with Crippen molar-refractivity contribution in [3.63, 3.8) is 0 Å². The molecule has 0 spiro atoms. The molecule has 0 aromatic carbocycles. The average molecular weight is 240 g/mol. The molecule has 0 bridgehead atoms. The van der Waals surface area contributed by atoms with Gasteiger partial charge in [-0.25, -0.2) is 4.98 Å². The fourth-order valence-corrected chi connectivity index (χ4v) is 2.01. The molecular weight excluding hydrogens is 231 g/mol. The Morgan fingerprint density at radius 1 is 1.47 bits per heavy atom. The summed E-state index contributed by atoms with van der Waals surface area (Å²) in [5.74, 6) is -0.922. The zero-order chi connectivity index (χ0) is 11.2. The van der Waals surface area contributed by atoms with Gasteiger partial charge in [-0.1, -0.05) is 11.6 Å². The molecule has 1 unspecified atom stereocenters. The van der Waals surface area contributed by atoms with Gasteiger partial charge in [-0.15, -0.1) is 0 Å². The van der Waals surface area contributed by atoms with Crippen molar-refractivity contribution in [1.29, 1.82) is 0 Å². The Morgan fingerprint density at radius 2 is 2.13 bits per heavy atom. The predicted molar refractivity (Wildman–Crippen MR) is 48.5 cm³/mol. The highest BCUT2D eigenvalue weighted by Crippen LogP contribution is 2.34. The van der Waals surface area contributed by atoms with Crippen molar-refractivity contribution >= 4 is 11.6 Å². The molecule has 1 aliphatic rings. The van der Waals surface area contributed by atoms with Crippen molar-refractivity contribution in [2.24, 2.45) is 5.73 Å². The molecule has 1 aromatic heterocycles. The fourth-order valence-electron chi connectivity index (χ4n) is 1.75. The van der Waals surface area contributed by atoms with E-state index in [1.54, 1.807) is 0 Å². The average Bonchev–Trinajstić information content (AvgIpc) is 2.43. The van der Waals surface area contributed by atoms with Crippen LogP contribution in [0.2, 0.25) is 5.15 Å². The zero-order valence-electron chi connectivity index (χ0n) is 7.68. The Morgan fingerprint density at radius 3 is 2.73 bits per heavy atom. The number of hydrogen-bond donors (Lipinski definition) is 1. The second-order valence-electron chi connectivity index (χ2n) is 3.58. The lowest BCUT2D eigenvalue weighted by atomic mass is 10.1. The summed E-state index contributed by atoms with van der Waals surface area (Å²) in [6.07, 6.45) is -3.59. The zero-order valence-corrected chi connectivity index (χ0v) is 8.44. The van der Waals surface area contributed by atoms with Crippen molar-refractivity contribution < 1.29 is 13.2 Å². The standard InChI is InChI=1S/C8H9ClF3N3/c9-6-5-3-4(13)1-2-15(5)7(14-6)8(10,11)12/h4H,1-3,13H2.